The molecule has 0 radical (unpaired) electrons. The fourth-order valence-corrected chi connectivity index (χ4v) is 0.925. The number of allylic oxidation sites excluding steroid dienone is 2. The van der Waals surface area contributed by atoms with Gasteiger partial charge in [-0.05, 0) is 39.9 Å². The average Bonchev–Trinajstić information content (AvgIpc) is 2.32. The average molecular weight is 227 g/mol. The van der Waals surface area contributed by atoms with Gasteiger partial charge in [0.25, 0.3) is 0 Å². The Kier molecular flexibility index (Phi) is 30.3. The summed E-state index contributed by atoms with van der Waals surface area (Å²) in [6.07, 6.45) is 13.5. The molecule has 0 saturated heterocycles. The van der Waals surface area contributed by atoms with Crippen molar-refractivity contribution in [3.8, 4) is 12.8 Å². The standard InChI is InChI=1S/C9H19NO.C3H8.C2H2/c1-4-9(11-5-2)7-6-8-10-3;1-3-2;1-2/h4,10H,5-8H2,1-3H3;3H2,1-2H3;1-2H/b9-4-;;. The highest BCUT2D eigenvalue weighted by Crippen LogP contribution is 2.05. The van der Waals surface area contributed by atoms with Gasteiger partial charge in [0.05, 0.1) is 12.4 Å². The molecule has 0 heterocycles. The fourth-order valence-electron chi connectivity index (χ4n) is 0.925. The molecule has 0 aromatic heterocycles. The van der Waals surface area contributed by atoms with Gasteiger partial charge in [-0.3, -0.25) is 0 Å². The van der Waals surface area contributed by atoms with Gasteiger partial charge in [-0.25, -0.2) is 0 Å². The summed E-state index contributed by atoms with van der Waals surface area (Å²) in [4.78, 5) is 0. The minimum atomic E-state index is 0.777. The molecule has 0 aliphatic rings. The van der Waals surface area contributed by atoms with E-state index < -0.39 is 0 Å². The number of rotatable bonds is 6. The largest absolute Gasteiger partial charge is 0.499 e. The Labute approximate surface area is 102 Å². The molecule has 2 heteroatoms. The topological polar surface area (TPSA) is 21.3 Å². The van der Waals surface area contributed by atoms with E-state index in [0.717, 1.165) is 31.8 Å². The third kappa shape index (κ3) is 23.1. The third-order valence-electron chi connectivity index (χ3n) is 1.50. The summed E-state index contributed by atoms with van der Waals surface area (Å²) in [5.41, 5.74) is 0. The van der Waals surface area contributed by atoms with Gasteiger partial charge < -0.3 is 10.1 Å². The van der Waals surface area contributed by atoms with E-state index in [9.17, 15) is 0 Å². The Balaban J connectivity index is -0.000000289. The van der Waals surface area contributed by atoms with Crippen molar-refractivity contribution in [1.29, 1.82) is 0 Å². The molecule has 0 fully saturated rings. The van der Waals surface area contributed by atoms with Crippen molar-refractivity contribution >= 4 is 0 Å². The first-order valence-electron chi connectivity index (χ1n) is 6.02. The summed E-state index contributed by atoms with van der Waals surface area (Å²) in [7, 11) is 1.97. The Bertz CT molecular complexity index is 150. The van der Waals surface area contributed by atoms with Crippen molar-refractivity contribution in [3.05, 3.63) is 11.8 Å². The van der Waals surface area contributed by atoms with Gasteiger partial charge in [0.2, 0.25) is 0 Å². The van der Waals surface area contributed by atoms with Crippen LogP contribution in [0.4, 0.5) is 0 Å². The van der Waals surface area contributed by atoms with E-state index in [1.165, 1.54) is 6.42 Å². The molecule has 0 aromatic carbocycles. The Hall–Kier alpha value is -0.940. The second-order valence-electron chi connectivity index (χ2n) is 3.10. The van der Waals surface area contributed by atoms with Gasteiger partial charge in [-0.15, -0.1) is 12.8 Å². The maximum atomic E-state index is 5.37. The van der Waals surface area contributed by atoms with Crippen molar-refractivity contribution in [2.45, 2.75) is 47.0 Å². The van der Waals surface area contributed by atoms with Crippen LogP contribution in [-0.4, -0.2) is 20.2 Å². The van der Waals surface area contributed by atoms with Crippen molar-refractivity contribution in [1.82, 2.24) is 5.32 Å². The van der Waals surface area contributed by atoms with Crippen LogP contribution in [0.25, 0.3) is 0 Å². The molecule has 0 atom stereocenters. The second-order valence-corrected chi connectivity index (χ2v) is 3.10. The van der Waals surface area contributed by atoms with Crippen LogP contribution >= 0.6 is 0 Å². The van der Waals surface area contributed by atoms with Gasteiger partial charge in [0.1, 0.15) is 0 Å². The van der Waals surface area contributed by atoms with Crippen LogP contribution in [0.2, 0.25) is 0 Å². The summed E-state index contributed by atoms with van der Waals surface area (Å²) in [5.74, 6) is 1.11. The zero-order valence-corrected chi connectivity index (χ0v) is 11.7. The SMILES string of the molecule is C#C.C/C=C(/CCCNC)OCC.CCC. The lowest BCUT2D eigenvalue weighted by Crippen LogP contribution is -2.07. The van der Waals surface area contributed by atoms with Gasteiger partial charge >= 0.3 is 0 Å². The van der Waals surface area contributed by atoms with Crippen LogP contribution in [0, 0.1) is 12.8 Å². The smallest absolute Gasteiger partial charge is 0.0917 e. The molecule has 0 unspecified atom stereocenters. The van der Waals surface area contributed by atoms with E-state index in [1.807, 2.05) is 27.0 Å². The first-order chi connectivity index (χ1) is 7.76. The van der Waals surface area contributed by atoms with E-state index >= 15 is 0 Å². The molecule has 1 N–H and O–H groups in total. The normalized spacial score (nSPS) is 9.31. The predicted molar refractivity (Wildman–Crippen MR) is 74.4 cm³/mol. The van der Waals surface area contributed by atoms with E-state index in [1.54, 1.807) is 0 Å². The first-order valence-corrected chi connectivity index (χ1v) is 6.02. The second kappa shape index (κ2) is 23.7. The highest BCUT2D eigenvalue weighted by molar-refractivity contribution is 4.89. The van der Waals surface area contributed by atoms with E-state index in [-0.39, 0.29) is 0 Å². The summed E-state index contributed by atoms with van der Waals surface area (Å²) in [6.45, 7) is 10.1. The van der Waals surface area contributed by atoms with Crippen LogP contribution in [0.15, 0.2) is 11.8 Å². The van der Waals surface area contributed by atoms with Crippen LogP contribution in [0.3, 0.4) is 0 Å². The monoisotopic (exact) mass is 227 g/mol. The van der Waals surface area contributed by atoms with Crippen LogP contribution in [0.5, 0.6) is 0 Å². The molecular formula is C14H29NO. The van der Waals surface area contributed by atoms with Crippen LogP contribution < -0.4 is 5.32 Å². The number of nitrogens with one attached hydrogen (secondary N) is 1. The maximum absolute atomic E-state index is 5.37. The zero-order valence-electron chi connectivity index (χ0n) is 11.7. The Morgan fingerprint density at radius 2 is 1.75 bits per heavy atom. The van der Waals surface area contributed by atoms with Gasteiger partial charge in [0.15, 0.2) is 0 Å². The molecular weight excluding hydrogens is 198 g/mol. The predicted octanol–water partition coefficient (Wildman–Crippen LogP) is 3.59. The maximum Gasteiger partial charge on any atom is 0.0917 e. The zero-order chi connectivity index (χ0) is 13.2. The molecule has 0 spiro atoms. The molecule has 2 nitrogen and oxygen atoms in total. The lowest BCUT2D eigenvalue weighted by Gasteiger charge is -2.06. The van der Waals surface area contributed by atoms with Crippen molar-refractivity contribution in [3.63, 3.8) is 0 Å². The van der Waals surface area contributed by atoms with Crippen molar-refractivity contribution in [2.24, 2.45) is 0 Å². The minimum Gasteiger partial charge on any atom is -0.499 e. The van der Waals surface area contributed by atoms with Crippen molar-refractivity contribution in [2.75, 3.05) is 20.2 Å². The van der Waals surface area contributed by atoms with E-state index in [4.69, 9.17) is 4.74 Å². The van der Waals surface area contributed by atoms with Gasteiger partial charge in [-0.2, -0.15) is 0 Å². The highest BCUT2D eigenvalue weighted by Gasteiger charge is 1.94. The lowest BCUT2D eigenvalue weighted by molar-refractivity contribution is 0.216. The molecule has 0 rings (SSSR count). The van der Waals surface area contributed by atoms with Crippen LogP contribution in [0.1, 0.15) is 47.0 Å². The van der Waals surface area contributed by atoms with Gasteiger partial charge in [0, 0.05) is 6.42 Å². The fraction of sp³-hybridized carbons (Fsp3) is 0.714. The van der Waals surface area contributed by atoms with E-state index in [0.29, 0.717) is 0 Å². The third-order valence-corrected chi connectivity index (χ3v) is 1.50. The highest BCUT2D eigenvalue weighted by atomic mass is 16.5. The summed E-state index contributed by atoms with van der Waals surface area (Å²) < 4.78 is 5.37. The molecule has 0 aliphatic heterocycles. The lowest BCUT2D eigenvalue weighted by atomic mass is 10.2. The quantitative estimate of drug-likeness (QED) is 0.425. The summed E-state index contributed by atoms with van der Waals surface area (Å²) in [6, 6.07) is 0. The van der Waals surface area contributed by atoms with E-state index in [2.05, 4.69) is 32.0 Å². The van der Waals surface area contributed by atoms with Gasteiger partial charge in [-0.1, -0.05) is 20.3 Å². The summed E-state index contributed by atoms with van der Waals surface area (Å²) in [5, 5.41) is 3.11. The number of hydrogen-bond acceptors (Lipinski definition) is 2. The molecule has 16 heavy (non-hydrogen) atoms. The molecule has 0 aliphatic carbocycles. The molecule has 0 amide bonds. The first kappa shape index (κ1) is 20.5. The molecule has 0 saturated carbocycles. The minimum absolute atomic E-state index is 0.777. The van der Waals surface area contributed by atoms with Crippen molar-refractivity contribution < 1.29 is 4.74 Å². The Morgan fingerprint density at radius 1 is 1.25 bits per heavy atom. The number of hydrogen-bond donors (Lipinski definition) is 1. The molecule has 96 valence electrons. The molecule has 0 bridgehead atoms. The molecule has 0 aromatic rings. The summed E-state index contributed by atoms with van der Waals surface area (Å²) >= 11 is 0. The van der Waals surface area contributed by atoms with Crippen LogP contribution in [-0.2, 0) is 4.74 Å². The number of ether oxygens (including phenoxy) is 1. The Morgan fingerprint density at radius 3 is 2.06 bits per heavy atom. The number of terminal acetylenes is 1.